The van der Waals surface area contributed by atoms with Crippen LogP contribution in [0.2, 0.25) is 0 Å². The average Bonchev–Trinajstić information content (AvgIpc) is 3.06. The first-order valence-corrected chi connectivity index (χ1v) is 9.50. The van der Waals surface area contributed by atoms with E-state index in [1.807, 2.05) is 26.0 Å². The van der Waals surface area contributed by atoms with Crippen LogP contribution in [0.5, 0.6) is 0 Å². The van der Waals surface area contributed by atoms with E-state index in [9.17, 15) is 14.4 Å². The number of nitrogens with zero attached hydrogens (tertiary/aromatic N) is 2. The van der Waals surface area contributed by atoms with Gasteiger partial charge < -0.3 is 21.3 Å². The second kappa shape index (κ2) is 9.50. The van der Waals surface area contributed by atoms with E-state index in [1.165, 1.54) is 7.05 Å². The SMILES string of the molecule is CNC(=O)NC[C@@H]1Cc2cccnc2N1C(=O)C(NC(=O)[C@H](C)NC)C(C)C. The van der Waals surface area contributed by atoms with Crippen molar-refractivity contribution < 1.29 is 14.4 Å². The van der Waals surface area contributed by atoms with Crippen LogP contribution in [-0.2, 0) is 16.0 Å². The van der Waals surface area contributed by atoms with Gasteiger partial charge in [-0.1, -0.05) is 19.9 Å². The summed E-state index contributed by atoms with van der Waals surface area (Å²) < 4.78 is 0. The van der Waals surface area contributed by atoms with E-state index >= 15 is 0 Å². The summed E-state index contributed by atoms with van der Waals surface area (Å²) >= 11 is 0. The number of amides is 4. The second-order valence-corrected chi connectivity index (χ2v) is 7.25. The molecule has 9 heteroatoms. The van der Waals surface area contributed by atoms with E-state index in [4.69, 9.17) is 0 Å². The zero-order valence-corrected chi connectivity index (χ0v) is 17.1. The van der Waals surface area contributed by atoms with E-state index in [0.29, 0.717) is 12.2 Å². The Morgan fingerprint density at radius 2 is 1.96 bits per heavy atom. The molecule has 0 aliphatic carbocycles. The van der Waals surface area contributed by atoms with Crippen molar-refractivity contribution in [1.82, 2.24) is 26.3 Å². The fourth-order valence-electron chi connectivity index (χ4n) is 3.14. The number of likely N-dealkylation sites (N-methyl/N-ethyl adjacent to an activating group) is 1. The van der Waals surface area contributed by atoms with Crippen LogP contribution in [0.15, 0.2) is 18.3 Å². The topological polar surface area (TPSA) is 115 Å². The lowest BCUT2D eigenvalue weighted by atomic mass is 10.0. The van der Waals surface area contributed by atoms with Crippen LogP contribution in [0.25, 0.3) is 0 Å². The Morgan fingerprint density at radius 1 is 1.25 bits per heavy atom. The highest BCUT2D eigenvalue weighted by atomic mass is 16.2. The lowest BCUT2D eigenvalue weighted by Crippen LogP contribution is -2.57. The van der Waals surface area contributed by atoms with Gasteiger partial charge in [0.25, 0.3) is 5.91 Å². The molecule has 4 amide bonds. The molecule has 2 heterocycles. The third-order valence-electron chi connectivity index (χ3n) is 4.94. The number of urea groups is 1. The number of pyridine rings is 1. The van der Waals surface area contributed by atoms with E-state index in [1.54, 1.807) is 25.1 Å². The molecule has 2 rings (SSSR count). The normalized spacial score (nSPS) is 17.6. The molecule has 1 aromatic rings. The van der Waals surface area contributed by atoms with Gasteiger partial charge in [0, 0.05) is 19.8 Å². The van der Waals surface area contributed by atoms with Gasteiger partial charge in [-0.05, 0) is 37.9 Å². The number of carbonyl (C=O) groups is 3. The Kier molecular flexibility index (Phi) is 7.33. The van der Waals surface area contributed by atoms with Crippen molar-refractivity contribution in [2.75, 3.05) is 25.5 Å². The maximum atomic E-state index is 13.4. The van der Waals surface area contributed by atoms with Gasteiger partial charge in [0.2, 0.25) is 5.91 Å². The number of hydrogen-bond donors (Lipinski definition) is 4. The summed E-state index contributed by atoms with van der Waals surface area (Å²) in [6.45, 7) is 5.80. The number of nitrogens with one attached hydrogen (secondary N) is 4. The molecule has 0 fully saturated rings. The molecule has 0 spiro atoms. The highest BCUT2D eigenvalue weighted by molar-refractivity contribution is 6.01. The molecule has 1 aromatic heterocycles. The number of aromatic nitrogens is 1. The predicted molar refractivity (Wildman–Crippen MR) is 107 cm³/mol. The maximum Gasteiger partial charge on any atom is 0.314 e. The van der Waals surface area contributed by atoms with E-state index in [2.05, 4.69) is 26.3 Å². The number of hydrogen-bond acceptors (Lipinski definition) is 5. The molecule has 3 atom stereocenters. The number of carbonyl (C=O) groups excluding carboxylic acids is 3. The van der Waals surface area contributed by atoms with Crippen molar-refractivity contribution in [3.05, 3.63) is 23.9 Å². The lowest BCUT2D eigenvalue weighted by molar-refractivity contribution is -0.129. The summed E-state index contributed by atoms with van der Waals surface area (Å²) in [6.07, 6.45) is 2.23. The highest BCUT2D eigenvalue weighted by Gasteiger charge is 2.39. The molecule has 1 aliphatic rings. The zero-order chi connectivity index (χ0) is 20.8. The van der Waals surface area contributed by atoms with E-state index < -0.39 is 12.1 Å². The molecule has 4 N–H and O–H groups in total. The highest BCUT2D eigenvalue weighted by Crippen LogP contribution is 2.31. The van der Waals surface area contributed by atoms with Gasteiger partial charge in [0.05, 0.1) is 12.1 Å². The monoisotopic (exact) mass is 390 g/mol. The number of rotatable bonds is 7. The maximum absolute atomic E-state index is 13.4. The minimum absolute atomic E-state index is 0.110. The van der Waals surface area contributed by atoms with Crippen LogP contribution in [-0.4, -0.2) is 61.6 Å². The molecule has 9 nitrogen and oxygen atoms in total. The molecule has 1 unspecified atom stereocenters. The third kappa shape index (κ3) is 4.78. The van der Waals surface area contributed by atoms with Gasteiger partial charge >= 0.3 is 6.03 Å². The molecule has 1 aliphatic heterocycles. The predicted octanol–water partition coefficient (Wildman–Crippen LogP) is 0.0170. The van der Waals surface area contributed by atoms with Crippen molar-refractivity contribution in [3.8, 4) is 0 Å². The average molecular weight is 390 g/mol. The summed E-state index contributed by atoms with van der Waals surface area (Å²) in [5.74, 6) is 0.00132. The van der Waals surface area contributed by atoms with Crippen molar-refractivity contribution in [1.29, 1.82) is 0 Å². The van der Waals surface area contributed by atoms with Crippen LogP contribution in [0.1, 0.15) is 26.3 Å². The van der Waals surface area contributed by atoms with E-state index in [0.717, 1.165) is 5.56 Å². The van der Waals surface area contributed by atoms with Gasteiger partial charge in [-0.15, -0.1) is 0 Å². The minimum Gasteiger partial charge on any atom is -0.343 e. The number of fused-ring (bicyclic) bond motifs is 1. The first-order valence-electron chi connectivity index (χ1n) is 9.50. The van der Waals surface area contributed by atoms with Crippen molar-refractivity contribution in [2.45, 2.75) is 45.3 Å². The summed E-state index contributed by atoms with van der Waals surface area (Å²) in [5.41, 5.74) is 0.942. The standard InChI is InChI=1S/C19H30N6O3/c1-11(2)15(24-17(26)12(3)20-4)18(27)25-14(10-23-19(28)21-5)9-13-7-6-8-22-16(13)25/h6-8,11-12,14-15,20H,9-10H2,1-5H3,(H,24,26)(H2,21,23,28)/t12-,14-,15?/m0/s1. The molecular formula is C19H30N6O3. The fourth-order valence-corrected chi connectivity index (χ4v) is 3.14. The second-order valence-electron chi connectivity index (χ2n) is 7.25. The number of anilines is 1. The first kappa shape index (κ1) is 21.6. The Balaban J connectivity index is 2.27. The quantitative estimate of drug-likeness (QED) is 0.524. The molecule has 0 radical (unpaired) electrons. The summed E-state index contributed by atoms with van der Waals surface area (Å²) in [5, 5.41) is 11.0. The molecule has 0 saturated heterocycles. The minimum atomic E-state index is -0.696. The summed E-state index contributed by atoms with van der Waals surface area (Å²) in [7, 11) is 3.23. The molecule has 0 bridgehead atoms. The van der Waals surface area contributed by atoms with Gasteiger partial charge in [0.1, 0.15) is 11.9 Å². The van der Waals surface area contributed by atoms with Crippen LogP contribution in [0.3, 0.4) is 0 Å². The van der Waals surface area contributed by atoms with Crippen molar-refractivity contribution >= 4 is 23.7 Å². The first-order chi connectivity index (χ1) is 13.3. The van der Waals surface area contributed by atoms with Gasteiger partial charge in [-0.3, -0.25) is 14.5 Å². The van der Waals surface area contributed by atoms with E-state index in [-0.39, 0.29) is 36.3 Å². The largest absolute Gasteiger partial charge is 0.343 e. The van der Waals surface area contributed by atoms with Crippen LogP contribution in [0, 0.1) is 5.92 Å². The molecular weight excluding hydrogens is 360 g/mol. The molecule has 0 aromatic carbocycles. The van der Waals surface area contributed by atoms with Crippen LogP contribution < -0.4 is 26.2 Å². The lowest BCUT2D eigenvalue weighted by Gasteiger charge is -2.31. The van der Waals surface area contributed by atoms with Crippen LogP contribution in [0.4, 0.5) is 10.6 Å². The zero-order valence-electron chi connectivity index (χ0n) is 17.1. The van der Waals surface area contributed by atoms with Gasteiger partial charge in [-0.25, -0.2) is 9.78 Å². The van der Waals surface area contributed by atoms with Gasteiger partial charge in [-0.2, -0.15) is 0 Å². The third-order valence-corrected chi connectivity index (χ3v) is 4.94. The fraction of sp³-hybridized carbons (Fsp3) is 0.579. The van der Waals surface area contributed by atoms with Crippen LogP contribution >= 0.6 is 0 Å². The van der Waals surface area contributed by atoms with Crippen molar-refractivity contribution in [2.24, 2.45) is 5.92 Å². The Bertz CT molecular complexity index is 723. The Hall–Kier alpha value is -2.68. The smallest absolute Gasteiger partial charge is 0.314 e. The molecule has 0 saturated carbocycles. The molecule has 154 valence electrons. The Labute approximate surface area is 165 Å². The summed E-state index contributed by atoms with van der Waals surface area (Å²) in [4.78, 5) is 43.4. The van der Waals surface area contributed by atoms with Crippen molar-refractivity contribution in [3.63, 3.8) is 0 Å². The molecule has 28 heavy (non-hydrogen) atoms. The van der Waals surface area contributed by atoms with Gasteiger partial charge in [0.15, 0.2) is 0 Å². The summed E-state index contributed by atoms with van der Waals surface area (Å²) in [6, 6.07) is 2.06. The Morgan fingerprint density at radius 3 is 2.57 bits per heavy atom.